The monoisotopic (exact) mass is 1190 g/mol. The highest BCUT2D eigenvalue weighted by Gasteiger charge is 2.23. The van der Waals surface area contributed by atoms with Gasteiger partial charge < -0.3 is 4.57 Å². The van der Waals surface area contributed by atoms with Gasteiger partial charge in [0.25, 0.3) is 0 Å². The molecule has 442 valence electrons. The molecule has 0 aliphatic carbocycles. The maximum atomic E-state index is 5.05. The Morgan fingerprint density at radius 1 is 0.312 bits per heavy atom. The second kappa shape index (κ2) is 23.9. The normalized spacial score (nSPS) is 11.7. The summed E-state index contributed by atoms with van der Waals surface area (Å²) in [7, 11) is 0. The van der Waals surface area contributed by atoms with Gasteiger partial charge in [0.15, 0.2) is 0 Å². The minimum Gasteiger partial charge on any atom is -0.300 e. The first-order valence-electron chi connectivity index (χ1n) is 32.4. The van der Waals surface area contributed by atoms with E-state index in [1.807, 2.05) is 12.2 Å². The van der Waals surface area contributed by atoms with E-state index in [0.717, 1.165) is 91.7 Å². The number of para-hydroxylation sites is 2. The molecule has 0 saturated carbocycles. The molecule has 0 aliphatic rings. The van der Waals surface area contributed by atoms with Crippen LogP contribution in [0.2, 0.25) is 0 Å². The molecule has 16 rings (SSSR count). The first-order chi connectivity index (χ1) is 45.9. The van der Waals surface area contributed by atoms with Crippen molar-refractivity contribution in [1.29, 1.82) is 0 Å². The zero-order valence-corrected chi connectivity index (χ0v) is 52.4. The van der Waals surface area contributed by atoms with Crippen LogP contribution in [0.5, 0.6) is 0 Å². The van der Waals surface area contributed by atoms with Crippen molar-refractivity contribution < 1.29 is 0 Å². The molecule has 0 aliphatic heterocycles. The van der Waals surface area contributed by atoms with Crippen LogP contribution < -0.4 is 0 Å². The van der Waals surface area contributed by atoms with E-state index in [4.69, 9.17) is 9.97 Å². The number of allylic oxidation sites excluding steroid dienone is 2. The van der Waals surface area contributed by atoms with Gasteiger partial charge in [0.2, 0.25) is 0 Å². The summed E-state index contributed by atoms with van der Waals surface area (Å²) in [5.74, 6) is 2.07. The molecule has 0 radical (unpaired) electrons. The number of aromatic nitrogens is 4. The smallest absolute Gasteiger partial charge is 0.114 e. The van der Waals surface area contributed by atoms with Crippen molar-refractivity contribution in [2.75, 3.05) is 0 Å². The van der Waals surface area contributed by atoms with E-state index in [0.29, 0.717) is 0 Å². The Balaban J connectivity index is 0.871. The van der Waals surface area contributed by atoms with Gasteiger partial charge in [0.1, 0.15) is 11.6 Å². The number of benzene rings is 14. The van der Waals surface area contributed by atoms with E-state index in [2.05, 4.69) is 328 Å². The zero-order chi connectivity index (χ0) is 62.5. The van der Waals surface area contributed by atoms with Gasteiger partial charge in [-0.25, -0.2) is 9.97 Å². The van der Waals surface area contributed by atoms with E-state index in [1.54, 1.807) is 6.08 Å². The van der Waals surface area contributed by atoms with Crippen molar-refractivity contribution in [3.05, 3.63) is 333 Å². The van der Waals surface area contributed by atoms with Crippen LogP contribution in [0, 0.1) is 6.92 Å². The van der Waals surface area contributed by atoms with E-state index < -0.39 is 0 Å². The molecule has 0 amide bonds. The summed E-state index contributed by atoms with van der Waals surface area (Å²) in [6, 6.07) is 108. The van der Waals surface area contributed by atoms with Gasteiger partial charge in [-0.15, -0.1) is 0 Å². The molecule has 4 heteroatoms. The number of fused-ring (bicyclic) bond motifs is 5. The molecule has 4 nitrogen and oxygen atoms in total. The van der Waals surface area contributed by atoms with Gasteiger partial charge in [0, 0.05) is 29.9 Å². The van der Waals surface area contributed by atoms with Crippen LogP contribution in [0.3, 0.4) is 0 Å². The minimum atomic E-state index is 0.813. The predicted octanol–water partition coefficient (Wildman–Crippen LogP) is 23.8. The van der Waals surface area contributed by atoms with Crippen LogP contribution in [-0.2, 0) is 12.8 Å². The highest BCUT2D eigenvalue weighted by atomic mass is 15.1. The predicted molar refractivity (Wildman–Crippen MR) is 394 cm³/mol. The van der Waals surface area contributed by atoms with Crippen molar-refractivity contribution in [2.45, 2.75) is 33.6 Å². The molecule has 0 atom stereocenters. The maximum Gasteiger partial charge on any atom is 0.114 e. The van der Waals surface area contributed by atoms with Gasteiger partial charge in [-0.3, -0.25) is 4.57 Å². The Morgan fingerprint density at radius 3 is 1.16 bits per heavy atom. The van der Waals surface area contributed by atoms with Crippen molar-refractivity contribution in [1.82, 2.24) is 19.1 Å². The lowest BCUT2D eigenvalue weighted by atomic mass is 9.83. The molecular weight excluding hydrogens is 1130 g/mol. The van der Waals surface area contributed by atoms with Crippen molar-refractivity contribution in [3.8, 4) is 100 Å². The Labute approximate surface area is 543 Å². The number of nitrogens with zero attached hydrogens (tertiary/aromatic N) is 4. The van der Waals surface area contributed by atoms with Gasteiger partial charge in [-0.2, -0.15) is 0 Å². The third-order valence-corrected chi connectivity index (χ3v) is 18.8. The molecule has 14 aromatic carbocycles. The highest BCUT2D eigenvalue weighted by Crippen LogP contribution is 2.49. The van der Waals surface area contributed by atoms with Crippen LogP contribution >= 0.6 is 0 Å². The van der Waals surface area contributed by atoms with Crippen LogP contribution in [0.25, 0.3) is 161 Å². The fraction of sp³-hybridized carbons (Fsp3) is 0.0562. The highest BCUT2D eigenvalue weighted by molar-refractivity contribution is 6.24. The molecule has 0 fully saturated rings. The molecule has 2 aromatic heterocycles. The second-order valence-electron chi connectivity index (χ2n) is 24.2. The summed E-state index contributed by atoms with van der Waals surface area (Å²) in [6.45, 7) is 10.4. The summed E-state index contributed by atoms with van der Waals surface area (Å²) in [6.07, 6.45) is 7.44. The van der Waals surface area contributed by atoms with E-state index in [-0.39, 0.29) is 0 Å². The first-order valence-corrected chi connectivity index (χ1v) is 32.4. The van der Waals surface area contributed by atoms with Crippen LogP contribution in [0.15, 0.2) is 310 Å². The van der Waals surface area contributed by atoms with Gasteiger partial charge >= 0.3 is 0 Å². The third-order valence-electron chi connectivity index (χ3n) is 18.8. The fourth-order valence-electron chi connectivity index (χ4n) is 14.4. The lowest BCUT2D eigenvalue weighted by Crippen LogP contribution is -2.02. The van der Waals surface area contributed by atoms with Crippen molar-refractivity contribution in [2.24, 2.45) is 0 Å². The largest absolute Gasteiger partial charge is 0.300 e. The Kier molecular flexibility index (Phi) is 14.5. The number of hydrogen-bond acceptors (Lipinski definition) is 2. The quantitative estimate of drug-likeness (QED) is 0.0803. The summed E-state index contributed by atoms with van der Waals surface area (Å²) in [5.41, 5.74) is 25.3. The number of imidazole rings is 2. The van der Waals surface area contributed by atoms with E-state index in [9.17, 15) is 0 Å². The van der Waals surface area contributed by atoms with Crippen molar-refractivity contribution >= 4 is 60.2 Å². The average molecular weight is 1190 g/mol. The molecule has 0 N–H and O–H groups in total. The molecule has 0 spiro atoms. The van der Waals surface area contributed by atoms with Crippen LogP contribution in [-0.4, -0.2) is 19.1 Å². The van der Waals surface area contributed by atoms with E-state index in [1.165, 1.54) is 98.7 Å². The second-order valence-corrected chi connectivity index (χ2v) is 24.2. The van der Waals surface area contributed by atoms with Crippen molar-refractivity contribution in [3.63, 3.8) is 0 Å². The first kappa shape index (κ1) is 56.5. The Morgan fingerprint density at radius 2 is 0.656 bits per heavy atom. The molecular formula is C89H66N4. The lowest BCUT2D eigenvalue weighted by Gasteiger charge is -2.20. The molecule has 0 saturated heterocycles. The van der Waals surface area contributed by atoms with E-state index >= 15 is 0 Å². The third kappa shape index (κ3) is 10.0. The summed E-state index contributed by atoms with van der Waals surface area (Å²) in [4.78, 5) is 10.1. The SMILES string of the molecule is C=C/C=C\c1nc(CC)n(-c2ccc(-c3c4ccccc4c(-c4ccc(-c5ccccc5)cc4)c4cc(-c5cccc(-c6ccc7c(-c8ccccc8)c8cc(-c9ccccc9)ccc8c(-c8ccc(-n9c(CC)nc%10ccccc%109)cc8)c7c6)c5)ccc34)cc2)c1C. The average Bonchev–Trinajstić information content (AvgIpc) is 1.49. The van der Waals surface area contributed by atoms with Crippen LogP contribution in [0.4, 0.5) is 0 Å². The molecule has 0 unspecified atom stereocenters. The maximum absolute atomic E-state index is 5.05. The molecule has 2 heterocycles. The van der Waals surface area contributed by atoms with Crippen LogP contribution in [0.1, 0.15) is 36.9 Å². The Bertz CT molecular complexity index is 5560. The number of hydrogen-bond donors (Lipinski definition) is 0. The standard InChI is InChI=1S/C89H66N4/c1-5-8-33-81-58(4)92(84(6-2)90-81)71-47-40-64(41-48-71)86-73-31-18-19-32-74(73)88(63-38-36-61(37-39-63)59-23-12-9-13-24-59)79-56-69(45-52-75(79)86)66-29-22-30-67(54-66)70-46-53-76-80(57-70)89(65-42-49-72(50-43-65)93-83-35-21-20-34-82(83)91-85(93)7-3)77-51-44-68(60-25-14-10-15-26-60)55-78(77)87(76)62-27-16-11-17-28-62/h5,8-57H,1,6-7H2,2-4H3/b33-8-. The van der Waals surface area contributed by atoms with Gasteiger partial charge in [-0.05, 0) is 206 Å². The molecule has 16 aromatic rings. The fourth-order valence-corrected chi connectivity index (χ4v) is 14.4. The molecule has 93 heavy (non-hydrogen) atoms. The van der Waals surface area contributed by atoms with Gasteiger partial charge in [-0.1, -0.05) is 263 Å². The summed E-state index contributed by atoms with van der Waals surface area (Å²) < 4.78 is 4.61. The Hall–Kier alpha value is -11.7. The zero-order valence-electron chi connectivity index (χ0n) is 52.4. The summed E-state index contributed by atoms with van der Waals surface area (Å²) >= 11 is 0. The summed E-state index contributed by atoms with van der Waals surface area (Å²) in [5, 5.41) is 9.65. The number of aryl methyl sites for hydroxylation is 2. The molecule has 0 bridgehead atoms. The number of rotatable bonds is 14. The minimum absolute atomic E-state index is 0.813. The topological polar surface area (TPSA) is 35.6 Å². The van der Waals surface area contributed by atoms with Gasteiger partial charge in [0.05, 0.1) is 16.7 Å². The lowest BCUT2D eigenvalue weighted by molar-refractivity contribution is 0.872.